The summed E-state index contributed by atoms with van der Waals surface area (Å²) in [5, 5.41) is 28.0. The second-order valence-electron chi connectivity index (χ2n) is 7.57. The third kappa shape index (κ3) is 7.38. The molecule has 0 heterocycles. The molecule has 3 N–H and O–H groups in total. The quantitative estimate of drug-likeness (QED) is 0.597. The molecule has 0 radical (unpaired) electrons. The Morgan fingerprint density at radius 3 is 2.05 bits per heavy atom. The lowest BCUT2D eigenvalue weighted by molar-refractivity contribution is -0.0458. The van der Waals surface area contributed by atoms with E-state index in [-0.39, 0.29) is 19.3 Å². The lowest BCUT2D eigenvalue weighted by atomic mass is 9.72. The van der Waals surface area contributed by atoms with Crippen molar-refractivity contribution in [2.24, 2.45) is 11.3 Å². The third-order valence-electron chi connectivity index (χ3n) is 4.72. The summed E-state index contributed by atoms with van der Waals surface area (Å²) in [5.74, 6) is 0.766. The molecular weight excluding hydrogens is 282 g/mol. The first-order chi connectivity index (χ1) is 10.4. The molecule has 22 heavy (non-hydrogen) atoms. The Balaban J connectivity index is 2.23. The summed E-state index contributed by atoms with van der Waals surface area (Å²) in [6, 6.07) is 0. The molecule has 132 valence electrons. The van der Waals surface area contributed by atoms with Crippen LogP contribution < -0.4 is 0 Å². The first-order valence-electron chi connectivity index (χ1n) is 8.60. The summed E-state index contributed by atoms with van der Waals surface area (Å²) in [4.78, 5) is 1.85. The number of rotatable bonds is 9. The average Bonchev–Trinajstić information content (AvgIpc) is 2.45. The van der Waals surface area contributed by atoms with Crippen LogP contribution in [0, 0.1) is 11.3 Å². The van der Waals surface area contributed by atoms with Gasteiger partial charge in [-0.1, -0.05) is 20.8 Å². The predicted molar refractivity (Wildman–Crippen MR) is 87.8 cm³/mol. The lowest BCUT2D eigenvalue weighted by Gasteiger charge is -2.37. The van der Waals surface area contributed by atoms with Crippen LogP contribution in [-0.2, 0) is 4.74 Å². The van der Waals surface area contributed by atoms with Crippen molar-refractivity contribution in [1.82, 2.24) is 4.90 Å². The van der Waals surface area contributed by atoms with E-state index in [1.54, 1.807) is 0 Å². The molecule has 0 unspecified atom stereocenters. The molecule has 0 aromatic rings. The van der Waals surface area contributed by atoms with Crippen LogP contribution in [0.1, 0.15) is 46.5 Å². The minimum atomic E-state index is -0.571. The summed E-state index contributed by atoms with van der Waals surface area (Å²) < 4.78 is 5.86. The zero-order valence-electron chi connectivity index (χ0n) is 14.5. The predicted octanol–water partition coefficient (Wildman–Crippen LogP) is 1.26. The summed E-state index contributed by atoms with van der Waals surface area (Å²) in [6.45, 7) is 8.67. The fraction of sp³-hybridized carbons (Fsp3) is 1.00. The molecule has 0 amide bonds. The molecule has 1 fully saturated rings. The van der Waals surface area contributed by atoms with Crippen LogP contribution in [0.4, 0.5) is 0 Å². The molecule has 5 heteroatoms. The minimum absolute atomic E-state index is 0.0321. The summed E-state index contributed by atoms with van der Waals surface area (Å²) in [7, 11) is 0. The molecular formula is C17H35NO4. The van der Waals surface area contributed by atoms with Gasteiger partial charge in [-0.3, -0.25) is 4.90 Å². The van der Waals surface area contributed by atoms with E-state index in [1.807, 2.05) is 4.90 Å². The Labute approximate surface area is 135 Å². The summed E-state index contributed by atoms with van der Waals surface area (Å²) in [6.07, 6.45) is 4.24. The molecule has 0 spiro atoms. The molecule has 0 bridgehead atoms. The van der Waals surface area contributed by atoms with E-state index >= 15 is 0 Å². The third-order valence-corrected chi connectivity index (χ3v) is 4.72. The maximum absolute atomic E-state index is 10.1. The average molecular weight is 317 g/mol. The smallest absolute Gasteiger partial charge is 0.0900 e. The molecule has 1 rings (SSSR count). The van der Waals surface area contributed by atoms with Gasteiger partial charge in [0.25, 0.3) is 0 Å². The SMILES string of the molecule is CC(C)(C)C1CCC(OC[C@H](O)CN(CCO)CCO)CC1. The van der Waals surface area contributed by atoms with Crippen molar-refractivity contribution in [1.29, 1.82) is 0 Å². The van der Waals surface area contributed by atoms with Crippen LogP contribution in [-0.4, -0.2) is 71.9 Å². The van der Waals surface area contributed by atoms with Gasteiger partial charge in [0.05, 0.1) is 32.0 Å². The molecule has 1 saturated carbocycles. The number of hydrogen-bond acceptors (Lipinski definition) is 5. The first-order valence-corrected chi connectivity index (χ1v) is 8.60. The second kappa shape index (κ2) is 9.83. The Bertz CT molecular complexity index is 279. The van der Waals surface area contributed by atoms with Gasteiger partial charge in [0.15, 0.2) is 0 Å². The highest BCUT2D eigenvalue weighted by molar-refractivity contribution is 4.81. The molecule has 1 aliphatic rings. The molecule has 0 aromatic heterocycles. The van der Waals surface area contributed by atoms with Gasteiger partial charge in [0.1, 0.15) is 0 Å². The van der Waals surface area contributed by atoms with E-state index in [4.69, 9.17) is 14.9 Å². The van der Waals surface area contributed by atoms with Crippen LogP contribution >= 0.6 is 0 Å². The van der Waals surface area contributed by atoms with E-state index in [1.165, 1.54) is 12.8 Å². The Hall–Kier alpha value is -0.200. The van der Waals surface area contributed by atoms with Gasteiger partial charge < -0.3 is 20.1 Å². The monoisotopic (exact) mass is 317 g/mol. The van der Waals surface area contributed by atoms with Gasteiger partial charge in [-0.05, 0) is 37.0 Å². The van der Waals surface area contributed by atoms with Gasteiger partial charge >= 0.3 is 0 Å². The highest BCUT2D eigenvalue weighted by Gasteiger charge is 2.30. The zero-order valence-corrected chi connectivity index (χ0v) is 14.5. The fourth-order valence-corrected chi connectivity index (χ4v) is 3.27. The normalized spacial score (nSPS) is 24.7. The number of aliphatic hydroxyl groups excluding tert-OH is 3. The molecule has 0 aromatic carbocycles. The van der Waals surface area contributed by atoms with Crippen LogP contribution in [0.5, 0.6) is 0 Å². The van der Waals surface area contributed by atoms with Crippen molar-refractivity contribution >= 4 is 0 Å². The van der Waals surface area contributed by atoms with Crippen molar-refractivity contribution in [3.63, 3.8) is 0 Å². The van der Waals surface area contributed by atoms with Crippen LogP contribution in [0.3, 0.4) is 0 Å². The number of nitrogens with zero attached hydrogens (tertiary/aromatic N) is 1. The van der Waals surface area contributed by atoms with Crippen molar-refractivity contribution < 1.29 is 20.1 Å². The molecule has 0 saturated heterocycles. The molecule has 0 aliphatic heterocycles. The van der Waals surface area contributed by atoms with Crippen LogP contribution in [0.2, 0.25) is 0 Å². The number of ether oxygens (including phenoxy) is 1. The lowest BCUT2D eigenvalue weighted by Crippen LogP contribution is -2.39. The largest absolute Gasteiger partial charge is 0.395 e. The van der Waals surface area contributed by atoms with E-state index in [0.29, 0.717) is 31.7 Å². The highest BCUT2D eigenvalue weighted by Crippen LogP contribution is 2.38. The molecule has 5 nitrogen and oxygen atoms in total. The van der Waals surface area contributed by atoms with E-state index in [0.717, 1.165) is 18.8 Å². The van der Waals surface area contributed by atoms with Crippen molar-refractivity contribution in [3.05, 3.63) is 0 Å². The molecule has 1 atom stereocenters. The maximum Gasteiger partial charge on any atom is 0.0900 e. The van der Waals surface area contributed by atoms with E-state index in [9.17, 15) is 5.11 Å². The van der Waals surface area contributed by atoms with Crippen molar-refractivity contribution in [2.45, 2.75) is 58.7 Å². The van der Waals surface area contributed by atoms with Crippen molar-refractivity contribution in [3.8, 4) is 0 Å². The summed E-state index contributed by atoms with van der Waals surface area (Å²) in [5.41, 5.74) is 0.375. The highest BCUT2D eigenvalue weighted by atomic mass is 16.5. The topological polar surface area (TPSA) is 73.2 Å². The van der Waals surface area contributed by atoms with Crippen LogP contribution in [0.15, 0.2) is 0 Å². The Morgan fingerprint density at radius 2 is 1.59 bits per heavy atom. The summed E-state index contributed by atoms with van der Waals surface area (Å²) >= 11 is 0. The first kappa shape index (κ1) is 19.8. The Morgan fingerprint density at radius 1 is 1.05 bits per heavy atom. The zero-order chi connectivity index (χ0) is 16.6. The standard InChI is InChI=1S/C17H35NO4/c1-17(2,3)14-4-6-16(7-5-14)22-13-15(21)12-18(8-10-19)9-11-20/h14-16,19-21H,4-13H2,1-3H3/t14?,15-,16?/m1/s1. The number of hydrogen-bond donors (Lipinski definition) is 3. The van der Waals surface area contributed by atoms with E-state index < -0.39 is 6.10 Å². The van der Waals surface area contributed by atoms with Gasteiger partial charge in [-0.25, -0.2) is 0 Å². The Kier molecular flexibility index (Phi) is 8.87. The number of aliphatic hydroxyl groups is 3. The minimum Gasteiger partial charge on any atom is -0.395 e. The van der Waals surface area contributed by atoms with Gasteiger partial charge in [-0.2, -0.15) is 0 Å². The van der Waals surface area contributed by atoms with Gasteiger partial charge in [0, 0.05) is 19.6 Å². The van der Waals surface area contributed by atoms with Crippen molar-refractivity contribution in [2.75, 3.05) is 39.5 Å². The van der Waals surface area contributed by atoms with E-state index in [2.05, 4.69) is 20.8 Å². The fourth-order valence-electron chi connectivity index (χ4n) is 3.27. The maximum atomic E-state index is 10.1. The van der Waals surface area contributed by atoms with Crippen LogP contribution in [0.25, 0.3) is 0 Å². The molecule has 1 aliphatic carbocycles. The second-order valence-corrected chi connectivity index (χ2v) is 7.57. The van der Waals surface area contributed by atoms with Gasteiger partial charge in [0.2, 0.25) is 0 Å². The van der Waals surface area contributed by atoms with Gasteiger partial charge in [-0.15, -0.1) is 0 Å².